The van der Waals surface area contributed by atoms with Crippen LogP contribution in [0.2, 0.25) is 0 Å². The van der Waals surface area contributed by atoms with Crippen molar-refractivity contribution in [1.82, 2.24) is 5.32 Å². The molecule has 0 saturated carbocycles. The number of rotatable bonds is 7. The van der Waals surface area contributed by atoms with Crippen LogP contribution in [0.1, 0.15) is 10.6 Å². The fourth-order valence-electron chi connectivity index (χ4n) is 2.47. The zero-order chi connectivity index (χ0) is 17.5. The minimum atomic E-state index is -0.271. The minimum absolute atomic E-state index is 0.271. The number of hydrogen-bond acceptors (Lipinski definition) is 4. The van der Waals surface area contributed by atoms with E-state index in [1.54, 1.807) is 13.2 Å². The van der Waals surface area contributed by atoms with Crippen molar-refractivity contribution in [2.45, 2.75) is 0 Å². The third-order valence-corrected chi connectivity index (χ3v) is 3.67. The van der Waals surface area contributed by atoms with Gasteiger partial charge in [-0.2, -0.15) is 0 Å². The molecular weight excluding hydrogens is 318 g/mol. The number of methoxy groups -OCH3 is 1. The quantitative estimate of drug-likeness (QED) is 0.667. The average Bonchev–Trinajstić information content (AvgIpc) is 3.16. The van der Waals surface area contributed by atoms with Gasteiger partial charge in [-0.25, -0.2) is 0 Å². The van der Waals surface area contributed by atoms with Crippen LogP contribution >= 0.6 is 0 Å². The molecule has 0 aliphatic heterocycles. The number of para-hydroxylation sites is 2. The summed E-state index contributed by atoms with van der Waals surface area (Å²) in [5.41, 5.74) is 1.70. The highest BCUT2D eigenvalue weighted by Crippen LogP contribution is 2.26. The number of benzene rings is 2. The highest BCUT2D eigenvalue weighted by Gasteiger charge is 2.16. The van der Waals surface area contributed by atoms with Crippen molar-refractivity contribution in [1.29, 1.82) is 0 Å². The largest absolute Gasteiger partial charge is 0.493 e. The molecule has 5 heteroatoms. The van der Waals surface area contributed by atoms with E-state index in [9.17, 15) is 4.79 Å². The Hall–Kier alpha value is -3.21. The lowest BCUT2D eigenvalue weighted by atomic mass is 10.1. The predicted octanol–water partition coefficient (Wildman–Crippen LogP) is 3.76. The lowest BCUT2D eigenvalue weighted by Crippen LogP contribution is -2.28. The third kappa shape index (κ3) is 4.01. The Kier molecular flexibility index (Phi) is 5.36. The van der Waals surface area contributed by atoms with E-state index in [0.717, 1.165) is 11.1 Å². The highest BCUT2D eigenvalue weighted by molar-refractivity contribution is 5.98. The molecule has 25 heavy (non-hydrogen) atoms. The summed E-state index contributed by atoms with van der Waals surface area (Å²) in [6.07, 6.45) is 1.52. The summed E-state index contributed by atoms with van der Waals surface area (Å²) < 4.78 is 16.2. The molecule has 0 unspecified atom stereocenters. The van der Waals surface area contributed by atoms with Crippen molar-refractivity contribution in [3.8, 4) is 22.6 Å². The number of nitrogens with one attached hydrogen (secondary N) is 1. The molecule has 0 radical (unpaired) electrons. The summed E-state index contributed by atoms with van der Waals surface area (Å²) in [6, 6.07) is 18.8. The van der Waals surface area contributed by atoms with Crippen molar-refractivity contribution < 1.29 is 18.7 Å². The zero-order valence-corrected chi connectivity index (χ0v) is 13.9. The average molecular weight is 337 g/mol. The second-order valence-electron chi connectivity index (χ2n) is 5.28. The Morgan fingerprint density at radius 3 is 2.48 bits per heavy atom. The summed E-state index contributed by atoms with van der Waals surface area (Å²) in [5, 5.41) is 2.80. The van der Waals surface area contributed by atoms with E-state index in [0.29, 0.717) is 30.4 Å². The molecule has 1 N–H and O–H groups in total. The van der Waals surface area contributed by atoms with Crippen LogP contribution in [0.3, 0.4) is 0 Å². The standard InChI is InChI=1S/C20H19NO4/c1-23-17-9-5-6-10-18(17)24-14-12-21-20(22)19-16(11-13-25-19)15-7-3-2-4-8-15/h2-11,13H,12,14H2,1H3,(H,21,22). The van der Waals surface area contributed by atoms with Crippen molar-refractivity contribution in [2.24, 2.45) is 0 Å². The molecule has 1 amide bonds. The summed E-state index contributed by atoms with van der Waals surface area (Å²) in [7, 11) is 1.59. The van der Waals surface area contributed by atoms with Gasteiger partial charge in [0.2, 0.25) is 0 Å². The lowest BCUT2D eigenvalue weighted by Gasteiger charge is -2.10. The molecule has 0 fully saturated rings. The smallest absolute Gasteiger partial charge is 0.287 e. The maximum absolute atomic E-state index is 12.3. The number of hydrogen-bond donors (Lipinski definition) is 1. The van der Waals surface area contributed by atoms with E-state index in [1.165, 1.54) is 6.26 Å². The van der Waals surface area contributed by atoms with E-state index in [1.807, 2.05) is 54.6 Å². The van der Waals surface area contributed by atoms with Crippen LogP contribution in [-0.2, 0) is 0 Å². The second-order valence-corrected chi connectivity index (χ2v) is 5.28. The van der Waals surface area contributed by atoms with E-state index < -0.39 is 0 Å². The Morgan fingerprint density at radius 1 is 1.00 bits per heavy atom. The number of ether oxygens (including phenoxy) is 2. The number of furan rings is 1. The number of carbonyl (C=O) groups excluding carboxylic acids is 1. The molecule has 5 nitrogen and oxygen atoms in total. The van der Waals surface area contributed by atoms with E-state index in [2.05, 4.69) is 5.32 Å². The van der Waals surface area contributed by atoms with Crippen LogP contribution in [0.15, 0.2) is 71.3 Å². The molecule has 0 aliphatic rings. The molecule has 1 heterocycles. The summed E-state index contributed by atoms with van der Waals surface area (Å²) in [5.74, 6) is 1.32. The molecule has 3 rings (SSSR count). The first-order valence-electron chi connectivity index (χ1n) is 7.96. The first kappa shape index (κ1) is 16.6. The first-order chi connectivity index (χ1) is 12.3. The van der Waals surface area contributed by atoms with Gasteiger partial charge in [0.1, 0.15) is 6.61 Å². The van der Waals surface area contributed by atoms with Crippen LogP contribution in [0.4, 0.5) is 0 Å². The maximum atomic E-state index is 12.3. The molecule has 0 bridgehead atoms. The van der Waals surface area contributed by atoms with Gasteiger partial charge in [0, 0.05) is 5.56 Å². The molecule has 1 aromatic heterocycles. The minimum Gasteiger partial charge on any atom is -0.493 e. The van der Waals surface area contributed by atoms with Gasteiger partial charge < -0.3 is 19.2 Å². The van der Waals surface area contributed by atoms with Gasteiger partial charge in [-0.05, 0) is 23.8 Å². The Labute approximate surface area is 146 Å². The van der Waals surface area contributed by atoms with Gasteiger partial charge in [0.05, 0.1) is 19.9 Å². The van der Waals surface area contributed by atoms with E-state index in [4.69, 9.17) is 13.9 Å². The van der Waals surface area contributed by atoms with Crippen LogP contribution < -0.4 is 14.8 Å². The van der Waals surface area contributed by atoms with Gasteiger partial charge in [-0.15, -0.1) is 0 Å². The highest BCUT2D eigenvalue weighted by atomic mass is 16.5. The van der Waals surface area contributed by atoms with Crippen molar-refractivity contribution in [2.75, 3.05) is 20.3 Å². The van der Waals surface area contributed by atoms with Crippen molar-refractivity contribution >= 4 is 5.91 Å². The van der Waals surface area contributed by atoms with Gasteiger partial charge in [-0.3, -0.25) is 4.79 Å². The maximum Gasteiger partial charge on any atom is 0.287 e. The monoisotopic (exact) mass is 337 g/mol. The van der Waals surface area contributed by atoms with E-state index >= 15 is 0 Å². The van der Waals surface area contributed by atoms with Gasteiger partial charge in [0.15, 0.2) is 17.3 Å². The molecule has 3 aromatic rings. The van der Waals surface area contributed by atoms with Crippen molar-refractivity contribution in [3.05, 3.63) is 72.7 Å². The molecule has 0 spiro atoms. The van der Waals surface area contributed by atoms with Gasteiger partial charge in [-0.1, -0.05) is 42.5 Å². The lowest BCUT2D eigenvalue weighted by molar-refractivity contribution is 0.0920. The van der Waals surface area contributed by atoms with E-state index in [-0.39, 0.29) is 5.91 Å². The van der Waals surface area contributed by atoms with Crippen LogP contribution in [0, 0.1) is 0 Å². The second kappa shape index (κ2) is 8.06. The Balaban J connectivity index is 1.56. The third-order valence-electron chi connectivity index (χ3n) is 3.67. The predicted molar refractivity (Wildman–Crippen MR) is 95.0 cm³/mol. The molecule has 0 saturated heterocycles. The zero-order valence-electron chi connectivity index (χ0n) is 13.9. The number of carbonyl (C=O) groups is 1. The summed E-state index contributed by atoms with van der Waals surface area (Å²) in [4.78, 5) is 12.3. The Morgan fingerprint density at radius 2 is 1.72 bits per heavy atom. The molecular formula is C20H19NO4. The number of amides is 1. The van der Waals surface area contributed by atoms with Gasteiger partial charge >= 0.3 is 0 Å². The molecule has 0 atom stereocenters. The molecule has 2 aromatic carbocycles. The SMILES string of the molecule is COc1ccccc1OCCNC(=O)c1occc1-c1ccccc1. The van der Waals surface area contributed by atoms with Gasteiger partial charge in [0.25, 0.3) is 5.91 Å². The fraction of sp³-hybridized carbons (Fsp3) is 0.150. The molecule has 0 aliphatic carbocycles. The first-order valence-corrected chi connectivity index (χ1v) is 7.96. The topological polar surface area (TPSA) is 60.7 Å². The molecule has 128 valence electrons. The normalized spacial score (nSPS) is 10.3. The van der Waals surface area contributed by atoms with Crippen LogP contribution in [0.5, 0.6) is 11.5 Å². The van der Waals surface area contributed by atoms with Crippen LogP contribution in [-0.4, -0.2) is 26.2 Å². The fourth-order valence-corrected chi connectivity index (χ4v) is 2.47. The van der Waals surface area contributed by atoms with Crippen molar-refractivity contribution in [3.63, 3.8) is 0 Å². The Bertz CT molecular complexity index is 826. The summed E-state index contributed by atoms with van der Waals surface area (Å²) in [6.45, 7) is 0.680. The summed E-state index contributed by atoms with van der Waals surface area (Å²) >= 11 is 0. The van der Waals surface area contributed by atoms with Crippen LogP contribution in [0.25, 0.3) is 11.1 Å².